The molecule has 0 bridgehead atoms. The molecule has 0 aliphatic rings. The Labute approximate surface area is 128 Å². The summed E-state index contributed by atoms with van der Waals surface area (Å²) in [5.74, 6) is 1.76. The van der Waals surface area contributed by atoms with Crippen molar-refractivity contribution in [3.8, 4) is 11.5 Å². The zero-order chi connectivity index (χ0) is 14.9. The molecule has 112 valence electrons. The maximum Gasteiger partial charge on any atom is 0.150 e. The van der Waals surface area contributed by atoms with Crippen LogP contribution in [-0.4, -0.2) is 6.04 Å². The van der Waals surface area contributed by atoms with Gasteiger partial charge in [-0.3, -0.25) is 0 Å². The van der Waals surface area contributed by atoms with E-state index in [0.717, 1.165) is 17.2 Å². The predicted molar refractivity (Wildman–Crippen MR) is 90.2 cm³/mol. The number of benzene rings is 2. The molecule has 0 saturated carbocycles. The van der Waals surface area contributed by atoms with Crippen LogP contribution in [0.1, 0.15) is 39.5 Å². The van der Waals surface area contributed by atoms with E-state index in [2.05, 4.69) is 31.3 Å². The van der Waals surface area contributed by atoms with Crippen molar-refractivity contribution < 1.29 is 4.74 Å². The number of nitrogens with one attached hydrogen (secondary N) is 1. The fourth-order valence-electron chi connectivity index (χ4n) is 2.50. The molecule has 0 aliphatic carbocycles. The summed E-state index contributed by atoms with van der Waals surface area (Å²) in [6.07, 6.45) is 4.76. The van der Waals surface area contributed by atoms with Gasteiger partial charge in [-0.1, -0.05) is 57.0 Å². The Balaban J connectivity index is 2.12. The average Bonchev–Trinajstić information content (AvgIpc) is 2.51. The van der Waals surface area contributed by atoms with E-state index in [0.29, 0.717) is 6.04 Å². The summed E-state index contributed by atoms with van der Waals surface area (Å²) < 4.78 is 6.00. The van der Waals surface area contributed by atoms with Crippen molar-refractivity contribution in [1.82, 2.24) is 0 Å². The molecule has 1 N–H and O–H groups in total. The number of ether oxygens (including phenoxy) is 1. The van der Waals surface area contributed by atoms with Gasteiger partial charge in [-0.15, -0.1) is 0 Å². The zero-order valence-corrected chi connectivity index (χ0v) is 13.0. The summed E-state index contributed by atoms with van der Waals surface area (Å²) in [6.45, 7) is 4.47. The molecule has 2 aromatic rings. The van der Waals surface area contributed by atoms with E-state index in [-0.39, 0.29) is 0 Å². The molecule has 0 unspecified atom stereocenters. The molecule has 0 atom stereocenters. The third-order valence-corrected chi connectivity index (χ3v) is 3.49. The van der Waals surface area contributed by atoms with Crippen LogP contribution in [0.25, 0.3) is 0 Å². The van der Waals surface area contributed by atoms with Gasteiger partial charge in [-0.2, -0.15) is 0 Å². The summed E-state index contributed by atoms with van der Waals surface area (Å²) in [6, 6.07) is 18.6. The highest BCUT2D eigenvalue weighted by Crippen LogP contribution is 2.30. The minimum Gasteiger partial charge on any atom is -0.455 e. The van der Waals surface area contributed by atoms with Crippen molar-refractivity contribution in [2.24, 2.45) is 0 Å². The van der Waals surface area contributed by atoms with Gasteiger partial charge in [-0.05, 0) is 37.1 Å². The molecule has 2 aromatic carbocycles. The fraction of sp³-hybridized carbons (Fsp3) is 0.368. The van der Waals surface area contributed by atoms with Gasteiger partial charge in [0.15, 0.2) is 5.75 Å². The van der Waals surface area contributed by atoms with Crippen molar-refractivity contribution in [3.63, 3.8) is 0 Å². The van der Waals surface area contributed by atoms with Gasteiger partial charge in [-0.25, -0.2) is 0 Å². The van der Waals surface area contributed by atoms with E-state index in [9.17, 15) is 0 Å². The van der Waals surface area contributed by atoms with Gasteiger partial charge < -0.3 is 10.1 Å². The van der Waals surface area contributed by atoms with E-state index < -0.39 is 0 Å². The lowest BCUT2D eigenvalue weighted by molar-refractivity contribution is 0.482. The smallest absolute Gasteiger partial charge is 0.150 e. The van der Waals surface area contributed by atoms with Crippen molar-refractivity contribution in [2.75, 3.05) is 5.32 Å². The second-order valence-electron chi connectivity index (χ2n) is 5.33. The van der Waals surface area contributed by atoms with Crippen LogP contribution in [0, 0.1) is 0 Å². The van der Waals surface area contributed by atoms with Crippen LogP contribution in [0.2, 0.25) is 0 Å². The summed E-state index contributed by atoms with van der Waals surface area (Å²) in [5.41, 5.74) is 1.08. The van der Waals surface area contributed by atoms with Crippen LogP contribution in [-0.2, 0) is 0 Å². The molecule has 0 amide bonds. The van der Waals surface area contributed by atoms with Crippen molar-refractivity contribution in [2.45, 2.75) is 45.6 Å². The molecule has 2 heteroatoms. The van der Waals surface area contributed by atoms with Crippen molar-refractivity contribution >= 4 is 5.69 Å². The van der Waals surface area contributed by atoms with Crippen LogP contribution < -0.4 is 10.1 Å². The highest BCUT2D eigenvalue weighted by atomic mass is 16.5. The molecule has 0 heterocycles. The zero-order valence-electron chi connectivity index (χ0n) is 13.0. The molecule has 0 saturated heterocycles. The van der Waals surface area contributed by atoms with E-state index >= 15 is 0 Å². The second kappa shape index (κ2) is 8.35. The van der Waals surface area contributed by atoms with Crippen LogP contribution >= 0.6 is 0 Å². The lowest BCUT2D eigenvalue weighted by Gasteiger charge is -2.21. The number of hydrogen-bond acceptors (Lipinski definition) is 2. The van der Waals surface area contributed by atoms with Gasteiger partial charge in [0.1, 0.15) is 5.75 Å². The van der Waals surface area contributed by atoms with Gasteiger partial charge in [0.05, 0.1) is 5.69 Å². The van der Waals surface area contributed by atoms with Crippen LogP contribution in [0.4, 0.5) is 5.69 Å². The fourth-order valence-corrected chi connectivity index (χ4v) is 2.50. The van der Waals surface area contributed by atoms with E-state index in [1.807, 2.05) is 42.5 Å². The Bertz CT molecular complexity index is 518. The van der Waals surface area contributed by atoms with E-state index in [1.54, 1.807) is 0 Å². The Morgan fingerprint density at radius 1 is 0.857 bits per heavy atom. The maximum atomic E-state index is 6.00. The largest absolute Gasteiger partial charge is 0.455 e. The van der Waals surface area contributed by atoms with Crippen LogP contribution in [0.15, 0.2) is 54.6 Å². The minimum atomic E-state index is 0.514. The minimum absolute atomic E-state index is 0.514. The van der Waals surface area contributed by atoms with Gasteiger partial charge in [0, 0.05) is 6.04 Å². The molecular weight excluding hydrogens is 258 g/mol. The average molecular weight is 283 g/mol. The summed E-state index contributed by atoms with van der Waals surface area (Å²) in [5, 5.41) is 3.64. The summed E-state index contributed by atoms with van der Waals surface area (Å²) in [4.78, 5) is 0. The summed E-state index contributed by atoms with van der Waals surface area (Å²) >= 11 is 0. The molecule has 2 nitrogen and oxygen atoms in total. The third kappa shape index (κ3) is 4.82. The molecule has 0 spiro atoms. The lowest BCUT2D eigenvalue weighted by Crippen LogP contribution is -2.19. The molecule has 0 aromatic heterocycles. The van der Waals surface area contributed by atoms with Gasteiger partial charge >= 0.3 is 0 Å². The second-order valence-corrected chi connectivity index (χ2v) is 5.33. The SMILES string of the molecule is CCCC(CCC)Nc1ccccc1Oc1ccccc1. The first-order valence-corrected chi connectivity index (χ1v) is 7.92. The van der Waals surface area contributed by atoms with Crippen LogP contribution in [0.3, 0.4) is 0 Å². The highest BCUT2D eigenvalue weighted by molar-refractivity contribution is 5.58. The quantitative estimate of drug-likeness (QED) is 0.655. The van der Waals surface area contributed by atoms with Gasteiger partial charge in [0.25, 0.3) is 0 Å². The standard InChI is InChI=1S/C19H25NO/c1-3-10-16(11-4-2)20-18-14-8-9-15-19(18)21-17-12-6-5-7-13-17/h5-9,12-16,20H,3-4,10-11H2,1-2H3. The Kier molecular flexibility index (Phi) is 6.14. The normalized spacial score (nSPS) is 10.6. The topological polar surface area (TPSA) is 21.3 Å². The molecule has 2 rings (SSSR count). The van der Waals surface area contributed by atoms with Crippen molar-refractivity contribution in [3.05, 3.63) is 54.6 Å². The highest BCUT2D eigenvalue weighted by Gasteiger charge is 2.10. The Morgan fingerprint density at radius 2 is 1.48 bits per heavy atom. The number of para-hydroxylation sites is 3. The number of hydrogen-bond donors (Lipinski definition) is 1. The molecule has 21 heavy (non-hydrogen) atoms. The first-order valence-electron chi connectivity index (χ1n) is 7.92. The number of rotatable bonds is 8. The lowest BCUT2D eigenvalue weighted by atomic mass is 10.1. The molecule has 0 aliphatic heterocycles. The van der Waals surface area contributed by atoms with E-state index in [1.165, 1.54) is 25.7 Å². The Morgan fingerprint density at radius 3 is 2.14 bits per heavy atom. The molecular formula is C19H25NO. The van der Waals surface area contributed by atoms with Gasteiger partial charge in [0.2, 0.25) is 0 Å². The number of anilines is 1. The van der Waals surface area contributed by atoms with Crippen LogP contribution in [0.5, 0.6) is 11.5 Å². The summed E-state index contributed by atoms with van der Waals surface area (Å²) in [7, 11) is 0. The Hall–Kier alpha value is -1.96. The third-order valence-electron chi connectivity index (χ3n) is 3.49. The monoisotopic (exact) mass is 283 g/mol. The first-order chi connectivity index (χ1) is 10.3. The predicted octanol–water partition coefficient (Wildman–Crippen LogP) is 5.86. The van der Waals surface area contributed by atoms with Crippen molar-refractivity contribution in [1.29, 1.82) is 0 Å². The first kappa shape index (κ1) is 15.4. The maximum absolute atomic E-state index is 6.00. The molecule has 0 fully saturated rings. The molecule has 0 radical (unpaired) electrons. The van der Waals surface area contributed by atoms with E-state index in [4.69, 9.17) is 4.74 Å².